The number of allylic oxidation sites excluding steroid dienone is 2. The summed E-state index contributed by atoms with van der Waals surface area (Å²) >= 11 is 0. The standard InChI is InChI=1S/C14H16O/c1-10-6-5-7-11(2)13(10)14(15)12-8-3-4-9-12/h5-8H,3-4,9H2,1-2H3. The topological polar surface area (TPSA) is 17.1 Å². The molecule has 0 fully saturated rings. The lowest BCUT2D eigenvalue weighted by Crippen LogP contribution is -2.06. The maximum Gasteiger partial charge on any atom is 0.189 e. The van der Waals surface area contributed by atoms with Crippen molar-refractivity contribution in [1.82, 2.24) is 0 Å². The molecule has 1 aromatic rings. The third-order valence-electron chi connectivity index (χ3n) is 3.04. The first-order valence-electron chi connectivity index (χ1n) is 5.50. The highest BCUT2D eigenvalue weighted by Crippen LogP contribution is 2.24. The summed E-state index contributed by atoms with van der Waals surface area (Å²) in [6.07, 6.45) is 5.23. The van der Waals surface area contributed by atoms with E-state index in [9.17, 15) is 4.79 Å². The molecule has 1 heteroatoms. The fraction of sp³-hybridized carbons (Fsp3) is 0.357. The molecule has 0 heterocycles. The van der Waals surface area contributed by atoms with Gasteiger partial charge in [-0.25, -0.2) is 0 Å². The van der Waals surface area contributed by atoms with Crippen molar-refractivity contribution in [2.75, 3.05) is 0 Å². The molecule has 2 rings (SSSR count). The zero-order valence-corrected chi connectivity index (χ0v) is 9.34. The van der Waals surface area contributed by atoms with Gasteiger partial charge in [0, 0.05) is 5.56 Å². The number of benzene rings is 1. The van der Waals surface area contributed by atoms with Crippen LogP contribution in [0, 0.1) is 13.8 Å². The molecule has 78 valence electrons. The Morgan fingerprint density at radius 1 is 1.20 bits per heavy atom. The number of aryl methyl sites for hydroxylation is 2. The predicted molar refractivity (Wildman–Crippen MR) is 62.2 cm³/mol. The van der Waals surface area contributed by atoms with E-state index in [0.717, 1.165) is 41.5 Å². The Morgan fingerprint density at radius 3 is 2.40 bits per heavy atom. The number of hydrogen-bond donors (Lipinski definition) is 0. The van der Waals surface area contributed by atoms with Crippen LogP contribution in [0.3, 0.4) is 0 Å². The minimum Gasteiger partial charge on any atom is -0.289 e. The predicted octanol–water partition coefficient (Wildman–Crippen LogP) is 3.60. The number of carbonyl (C=O) groups is 1. The van der Waals surface area contributed by atoms with Gasteiger partial charge < -0.3 is 0 Å². The molecule has 0 aliphatic heterocycles. The van der Waals surface area contributed by atoms with Crippen molar-refractivity contribution in [3.63, 3.8) is 0 Å². The molecule has 0 amide bonds. The molecule has 0 saturated carbocycles. The molecular weight excluding hydrogens is 184 g/mol. The van der Waals surface area contributed by atoms with Crippen molar-refractivity contribution >= 4 is 5.78 Å². The van der Waals surface area contributed by atoms with Crippen LogP contribution in [0.4, 0.5) is 0 Å². The number of rotatable bonds is 2. The normalized spacial score (nSPS) is 15.2. The SMILES string of the molecule is Cc1cccc(C)c1C(=O)C1=CCCC1. The lowest BCUT2D eigenvalue weighted by molar-refractivity contribution is 0.103. The third-order valence-corrected chi connectivity index (χ3v) is 3.04. The van der Waals surface area contributed by atoms with Gasteiger partial charge in [0.05, 0.1) is 0 Å². The molecule has 0 saturated heterocycles. The summed E-state index contributed by atoms with van der Waals surface area (Å²) in [7, 11) is 0. The Kier molecular flexibility index (Phi) is 2.72. The number of hydrogen-bond acceptors (Lipinski definition) is 1. The Balaban J connectivity index is 2.41. The Labute approximate surface area is 90.8 Å². The zero-order valence-electron chi connectivity index (χ0n) is 9.34. The summed E-state index contributed by atoms with van der Waals surface area (Å²) in [5, 5.41) is 0. The molecule has 1 aliphatic carbocycles. The van der Waals surface area contributed by atoms with E-state index in [1.165, 1.54) is 0 Å². The summed E-state index contributed by atoms with van der Waals surface area (Å²) in [4.78, 5) is 12.2. The molecule has 0 atom stereocenters. The zero-order chi connectivity index (χ0) is 10.8. The van der Waals surface area contributed by atoms with E-state index in [2.05, 4.69) is 6.08 Å². The van der Waals surface area contributed by atoms with E-state index in [-0.39, 0.29) is 5.78 Å². The fourth-order valence-corrected chi connectivity index (χ4v) is 2.21. The highest BCUT2D eigenvalue weighted by atomic mass is 16.1. The Morgan fingerprint density at radius 2 is 1.87 bits per heavy atom. The van der Waals surface area contributed by atoms with Crippen LogP contribution < -0.4 is 0 Å². The minimum atomic E-state index is 0.239. The molecular formula is C14H16O. The average molecular weight is 200 g/mol. The summed E-state index contributed by atoms with van der Waals surface area (Å²) in [6, 6.07) is 6.02. The van der Waals surface area contributed by atoms with Crippen molar-refractivity contribution in [1.29, 1.82) is 0 Å². The first-order chi connectivity index (χ1) is 7.20. The van der Waals surface area contributed by atoms with Gasteiger partial charge in [-0.15, -0.1) is 0 Å². The first kappa shape index (κ1) is 10.2. The van der Waals surface area contributed by atoms with Gasteiger partial charge in [-0.3, -0.25) is 4.79 Å². The second-order valence-electron chi connectivity index (χ2n) is 4.22. The van der Waals surface area contributed by atoms with E-state index in [1.54, 1.807) is 0 Å². The van der Waals surface area contributed by atoms with Gasteiger partial charge in [0.2, 0.25) is 0 Å². The van der Waals surface area contributed by atoms with Crippen LogP contribution in [0.1, 0.15) is 40.7 Å². The van der Waals surface area contributed by atoms with Crippen molar-refractivity contribution in [2.45, 2.75) is 33.1 Å². The highest BCUT2D eigenvalue weighted by molar-refractivity contribution is 6.10. The summed E-state index contributed by atoms with van der Waals surface area (Å²) < 4.78 is 0. The number of carbonyl (C=O) groups excluding carboxylic acids is 1. The summed E-state index contributed by atoms with van der Waals surface area (Å²) in [6.45, 7) is 4.02. The maximum absolute atomic E-state index is 12.2. The molecule has 1 aromatic carbocycles. The van der Waals surface area contributed by atoms with Gasteiger partial charge in [-0.05, 0) is 49.8 Å². The van der Waals surface area contributed by atoms with Crippen molar-refractivity contribution in [3.05, 3.63) is 46.5 Å². The second-order valence-corrected chi connectivity index (χ2v) is 4.22. The largest absolute Gasteiger partial charge is 0.289 e. The molecule has 15 heavy (non-hydrogen) atoms. The number of ketones is 1. The van der Waals surface area contributed by atoms with Crippen LogP contribution in [-0.4, -0.2) is 5.78 Å². The summed E-state index contributed by atoms with van der Waals surface area (Å²) in [5.41, 5.74) is 4.10. The van der Waals surface area contributed by atoms with E-state index in [4.69, 9.17) is 0 Å². The van der Waals surface area contributed by atoms with Crippen LogP contribution in [-0.2, 0) is 0 Å². The van der Waals surface area contributed by atoms with Crippen molar-refractivity contribution in [2.24, 2.45) is 0 Å². The lowest BCUT2D eigenvalue weighted by Gasteiger charge is -2.08. The van der Waals surface area contributed by atoms with E-state index in [0.29, 0.717) is 0 Å². The quantitative estimate of drug-likeness (QED) is 0.667. The second kappa shape index (κ2) is 4.01. The fourth-order valence-electron chi connectivity index (χ4n) is 2.21. The van der Waals surface area contributed by atoms with Gasteiger partial charge in [0.15, 0.2) is 5.78 Å². The molecule has 0 spiro atoms. The molecule has 0 N–H and O–H groups in total. The third kappa shape index (κ3) is 1.87. The first-order valence-corrected chi connectivity index (χ1v) is 5.50. The van der Waals surface area contributed by atoms with E-state index in [1.807, 2.05) is 32.0 Å². The molecule has 1 nitrogen and oxygen atoms in total. The molecule has 0 aromatic heterocycles. The van der Waals surface area contributed by atoms with Gasteiger partial charge in [0.25, 0.3) is 0 Å². The maximum atomic E-state index is 12.2. The Hall–Kier alpha value is -1.37. The molecule has 1 aliphatic rings. The lowest BCUT2D eigenvalue weighted by atomic mass is 9.94. The van der Waals surface area contributed by atoms with Gasteiger partial charge >= 0.3 is 0 Å². The van der Waals surface area contributed by atoms with Crippen LogP contribution in [0.5, 0.6) is 0 Å². The smallest absolute Gasteiger partial charge is 0.189 e. The Bertz CT molecular complexity index is 407. The monoisotopic (exact) mass is 200 g/mol. The number of Topliss-reactive ketones (excluding diaryl/α,β-unsaturated/α-hetero) is 1. The summed E-state index contributed by atoms with van der Waals surface area (Å²) in [5.74, 6) is 0.239. The minimum absolute atomic E-state index is 0.239. The average Bonchev–Trinajstić information content (AvgIpc) is 2.69. The van der Waals surface area contributed by atoms with Gasteiger partial charge in [0.1, 0.15) is 0 Å². The van der Waals surface area contributed by atoms with E-state index >= 15 is 0 Å². The van der Waals surface area contributed by atoms with Crippen LogP contribution in [0.25, 0.3) is 0 Å². The molecule has 0 unspecified atom stereocenters. The molecule has 0 radical (unpaired) electrons. The van der Waals surface area contributed by atoms with Gasteiger partial charge in [-0.1, -0.05) is 24.3 Å². The van der Waals surface area contributed by atoms with Crippen molar-refractivity contribution in [3.8, 4) is 0 Å². The van der Waals surface area contributed by atoms with Crippen LogP contribution in [0.15, 0.2) is 29.8 Å². The van der Waals surface area contributed by atoms with Crippen molar-refractivity contribution < 1.29 is 4.79 Å². The highest BCUT2D eigenvalue weighted by Gasteiger charge is 2.18. The van der Waals surface area contributed by atoms with Crippen LogP contribution in [0.2, 0.25) is 0 Å². The molecule has 0 bridgehead atoms. The van der Waals surface area contributed by atoms with Crippen LogP contribution >= 0.6 is 0 Å². The van der Waals surface area contributed by atoms with E-state index < -0.39 is 0 Å². The van der Waals surface area contributed by atoms with Gasteiger partial charge in [-0.2, -0.15) is 0 Å².